The van der Waals surface area contributed by atoms with Crippen LogP contribution in [-0.2, 0) is 15.8 Å². The Bertz CT molecular complexity index is 226. The van der Waals surface area contributed by atoms with Gasteiger partial charge in [0.2, 0.25) is 0 Å². The lowest BCUT2D eigenvalue weighted by atomic mass is 10.3. The molecule has 0 aliphatic heterocycles. The van der Waals surface area contributed by atoms with Crippen LogP contribution in [0.25, 0.3) is 0 Å². The van der Waals surface area contributed by atoms with E-state index in [1.807, 2.05) is 0 Å². The summed E-state index contributed by atoms with van der Waals surface area (Å²) in [7, 11) is 3.99. The normalized spacial score (nSPS) is 12.9. The van der Waals surface area contributed by atoms with Crippen molar-refractivity contribution >= 4 is 20.7 Å². The van der Waals surface area contributed by atoms with Crippen molar-refractivity contribution in [2.45, 2.75) is 5.75 Å². The molecule has 4 heteroatoms. The van der Waals surface area contributed by atoms with Crippen molar-refractivity contribution in [1.82, 2.24) is 4.98 Å². The molecular weight excluding hydrogens is 170 g/mol. The minimum absolute atomic E-state index is 0.393. The van der Waals surface area contributed by atoms with Crippen molar-refractivity contribution in [3.63, 3.8) is 0 Å². The van der Waals surface area contributed by atoms with Crippen molar-refractivity contribution < 1.29 is 4.21 Å². The molecule has 0 bridgehead atoms. The molecule has 0 spiro atoms. The van der Waals surface area contributed by atoms with Crippen LogP contribution < -0.4 is 0 Å². The first-order chi connectivity index (χ1) is 4.79. The first kappa shape index (κ1) is 7.69. The highest BCUT2D eigenvalue weighted by molar-refractivity contribution is 8.07. The predicted molar refractivity (Wildman–Crippen MR) is 41.9 cm³/mol. The second-order valence-corrected chi connectivity index (χ2v) is 3.69. The summed E-state index contributed by atoms with van der Waals surface area (Å²) in [5.41, 5.74) is 0.948. The molecule has 54 valence electrons. The molecule has 0 aliphatic carbocycles. The molecule has 1 aromatic rings. The molecule has 0 N–H and O–H groups in total. The van der Waals surface area contributed by atoms with Crippen molar-refractivity contribution in [2.24, 2.45) is 0 Å². The lowest BCUT2D eigenvalue weighted by Gasteiger charge is -1.92. The van der Waals surface area contributed by atoms with Crippen molar-refractivity contribution in [1.29, 1.82) is 0 Å². The lowest BCUT2D eigenvalue weighted by molar-refractivity contribution is 0.690. The number of halogens is 1. The fourth-order valence-electron chi connectivity index (χ4n) is 0.610. The summed E-state index contributed by atoms with van der Waals surface area (Å²) < 4.78 is 10.5. The summed E-state index contributed by atoms with van der Waals surface area (Å²) in [5, 5.41) is 0. The molecule has 0 fully saturated rings. The highest BCUT2D eigenvalue weighted by atomic mass is 35.7. The molecule has 0 saturated carbocycles. The van der Waals surface area contributed by atoms with E-state index in [1.54, 1.807) is 24.5 Å². The molecule has 1 heterocycles. The van der Waals surface area contributed by atoms with Gasteiger partial charge in [-0.1, -0.05) is 0 Å². The smallest absolute Gasteiger partial charge is 0.119 e. The molecule has 1 unspecified atom stereocenters. The molecule has 0 amide bonds. The van der Waals surface area contributed by atoms with Gasteiger partial charge >= 0.3 is 0 Å². The van der Waals surface area contributed by atoms with Crippen LogP contribution in [-0.4, -0.2) is 9.19 Å². The van der Waals surface area contributed by atoms with E-state index in [4.69, 9.17) is 10.7 Å². The van der Waals surface area contributed by atoms with Crippen LogP contribution in [0.1, 0.15) is 5.56 Å². The third kappa shape index (κ3) is 2.45. The molecule has 1 rings (SSSR count). The van der Waals surface area contributed by atoms with Crippen LogP contribution in [0.15, 0.2) is 24.5 Å². The van der Waals surface area contributed by atoms with Crippen molar-refractivity contribution in [3.8, 4) is 0 Å². The zero-order valence-electron chi connectivity index (χ0n) is 5.16. The van der Waals surface area contributed by atoms with Crippen LogP contribution in [0.5, 0.6) is 0 Å². The highest BCUT2D eigenvalue weighted by Gasteiger charge is 1.94. The first-order valence-corrected chi connectivity index (χ1v) is 4.87. The van der Waals surface area contributed by atoms with E-state index in [0.717, 1.165) is 5.56 Å². The molecule has 10 heavy (non-hydrogen) atoms. The van der Waals surface area contributed by atoms with Gasteiger partial charge < -0.3 is 0 Å². The maximum Gasteiger partial charge on any atom is 0.119 e. The molecule has 0 aromatic carbocycles. The van der Waals surface area contributed by atoms with Crippen LogP contribution in [0.4, 0.5) is 0 Å². The molecule has 1 aromatic heterocycles. The Balaban J connectivity index is 2.67. The summed E-state index contributed by atoms with van der Waals surface area (Å²) in [6, 6.07) is 3.58. The van der Waals surface area contributed by atoms with Gasteiger partial charge in [-0.3, -0.25) is 4.98 Å². The van der Waals surface area contributed by atoms with Gasteiger partial charge in [0, 0.05) is 12.4 Å². The van der Waals surface area contributed by atoms with E-state index >= 15 is 0 Å². The Labute approximate surface area is 66.2 Å². The number of hydrogen-bond acceptors (Lipinski definition) is 2. The van der Waals surface area contributed by atoms with E-state index in [0.29, 0.717) is 5.75 Å². The first-order valence-electron chi connectivity index (χ1n) is 2.72. The van der Waals surface area contributed by atoms with Gasteiger partial charge in [0.15, 0.2) is 0 Å². The van der Waals surface area contributed by atoms with Crippen LogP contribution in [0.3, 0.4) is 0 Å². The van der Waals surface area contributed by atoms with Gasteiger partial charge in [0.05, 0.1) is 5.75 Å². The van der Waals surface area contributed by atoms with Gasteiger partial charge in [-0.2, -0.15) is 0 Å². The lowest BCUT2D eigenvalue weighted by Crippen LogP contribution is -1.86. The van der Waals surface area contributed by atoms with Gasteiger partial charge in [-0.15, -0.1) is 0 Å². The maximum atomic E-state index is 10.5. The summed E-state index contributed by atoms with van der Waals surface area (Å²) in [6.45, 7) is 0. The van der Waals surface area contributed by atoms with Gasteiger partial charge in [-0.05, 0) is 28.4 Å². The fraction of sp³-hybridized carbons (Fsp3) is 0.167. The maximum absolute atomic E-state index is 10.5. The van der Waals surface area contributed by atoms with Crippen LogP contribution in [0, 0.1) is 0 Å². The third-order valence-corrected chi connectivity index (χ3v) is 1.92. The Morgan fingerprint density at radius 1 is 1.50 bits per heavy atom. The zero-order valence-corrected chi connectivity index (χ0v) is 6.73. The summed E-state index contributed by atoms with van der Waals surface area (Å²) >= 11 is 0. The Morgan fingerprint density at radius 3 is 2.60 bits per heavy atom. The van der Waals surface area contributed by atoms with E-state index in [2.05, 4.69) is 4.98 Å². The Morgan fingerprint density at radius 2 is 2.10 bits per heavy atom. The number of pyridine rings is 1. The van der Waals surface area contributed by atoms with Gasteiger partial charge in [-0.25, -0.2) is 4.21 Å². The Hall–Kier alpha value is -0.410. The SMILES string of the molecule is O=S(Cl)Cc1ccncc1. The zero-order chi connectivity index (χ0) is 7.40. The van der Waals surface area contributed by atoms with Crippen molar-refractivity contribution in [3.05, 3.63) is 30.1 Å². The van der Waals surface area contributed by atoms with Gasteiger partial charge in [0.25, 0.3) is 0 Å². The van der Waals surface area contributed by atoms with E-state index in [1.165, 1.54) is 0 Å². The van der Waals surface area contributed by atoms with Crippen LogP contribution in [0.2, 0.25) is 0 Å². The molecule has 0 aliphatic rings. The minimum Gasteiger partial charge on any atom is -0.265 e. The number of nitrogens with zero attached hydrogens (tertiary/aromatic N) is 1. The van der Waals surface area contributed by atoms with Gasteiger partial charge in [0.1, 0.15) is 10.0 Å². The quantitative estimate of drug-likeness (QED) is 0.638. The third-order valence-electron chi connectivity index (χ3n) is 1.03. The summed E-state index contributed by atoms with van der Waals surface area (Å²) in [5.74, 6) is 0.393. The molecular formula is C6H6ClNOS. The largest absolute Gasteiger partial charge is 0.265 e. The average molecular weight is 176 g/mol. The monoisotopic (exact) mass is 175 g/mol. The fourth-order valence-corrected chi connectivity index (χ4v) is 1.44. The average Bonchev–Trinajstić information content (AvgIpc) is 1.88. The molecule has 0 saturated heterocycles. The van der Waals surface area contributed by atoms with E-state index < -0.39 is 10.0 Å². The molecule has 2 nitrogen and oxygen atoms in total. The topological polar surface area (TPSA) is 30.0 Å². The molecule has 0 radical (unpaired) electrons. The molecule has 1 atom stereocenters. The minimum atomic E-state index is -1.27. The van der Waals surface area contributed by atoms with E-state index in [-0.39, 0.29) is 0 Å². The van der Waals surface area contributed by atoms with Crippen molar-refractivity contribution in [2.75, 3.05) is 0 Å². The predicted octanol–water partition coefficient (Wildman–Crippen LogP) is 1.48. The summed E-state index contributed by atoms with van der Waals surface area (Å²) in [4.78, 5) is 3.81. The highest BCUT2D eigenvalue weighted by Crippen LogP contribution is 2.02. The standard InChI is InChI=1S/C6H6ClNOS/c7-10(9)5-6-1-3-8-4-2-6/h1-4H,5H2. The number of hydrogen-bond donors (Lipinski definition) is 0. The summed E-state index contributed by atoms with van der Waals surface area (Å²) in [6.07, 6.45) is 3.30. The number of rotatable bonds is 2. The van der Waals surface area contributed by atoms with Crippen LogP contribution >= 0.6 is 10.7 Å². The van der Waals surface area contributed by atoms with E-state index in [9.17, 15) is 4.21 Å². The Kier molecular flexibility index (Phi) is 2.83. The second-order valence-electron chi connectivity index (χ2n) is 1.79. The number of aromatic nitrogens is 1. The second kappa shape index (κ2) is 3.68.